The highest BCUT2D eigenvalue weighted by Crippen LogP contribution is 2.19. The van der Waals surface area contributed by atoms with Gasteiger partial charge in [0.1, 0.15) is 0 Å². The van der Waals surface area contributed by atoms with E-state index in [0.717, 1.165) is 20.0 Å². The van der Waals surface area contributed by atoms with Crippen LogP contribution in [0.15, 0.2) is 12.1 Å². The van der Waals surface area contributed by atoms with Gasteiger partial charge in [-0.3, -0.25) is 0 Å². The molecule has 0 bridgehead atoms. The van der Waals surface area contributed by atoms with Gasteiger partial charge in [0.05, 0.1) is 11.6 Å². The first-order chi connectivity index (χ1) is 5.69. The molecule has 0 radical (unpaired) electrons. The van der Waals surface area contributed by atoms with E-state index in [2.05, 4.69) is 50.7 Å². The Bertz CT molecular complexity index is 340. The summed E-state index contributed by atoms with van der Waals surface area (Å²) in [7, 11) is 0. The predicted molar refractivity (Wildman–Crippen MR) is 61.2 cm³/mol. The maximum absolute atomic E-state index is 8.74. The summed E-state index contributed by atoms with van der Waals surface area (Å²) in [6.07, 6.45) is 0. The Labute approximate surface area is 94.0 Å². The second kappa shape index (κ2) is 4.24. The molecule has 0 amide bonds. The first-order valence-electron chi connectivity index (χ1n) is 3.44. The topological polar surface area (TPSA) is 23.8 Å². The number of halogens is 2. The first-order valence-corrected chi connectivity index (χ1v) is 5.64. The average molecular weight is 336 g/mol. The molecule has 3 heteroatoms. The standard InChI is InChI=1S/C9H7BrIN/c1-6-2-7(4-10)9(11)3-8(6)5-12/h2-3H,4H2,1H3. The fourth-order valence-electron chi connectivity index (χ4n) is 0.964. The minimum atomic E-state index is 0.768. The highest BCUT2D eigenvalue weighted by molar-refractivity contribution is 14.1. The Balaban J connectivity index is 3.28. The monoisotopic (exact) mass is 335 g/mol. The van der Waals surface area contributed by atoms with Crippen LogP contribution in [0, 0.1) is 21.8 Å². The van der Waals surface area contributed by atoms with Crippen molar-refractivity contribution in [2.45, 2.75) is 12.3 Å². The Kier molecular flexibility index (Phi) is 3.53. The van der Waals surface area contributed by atoms with Crippen molar-refractivity contribution in [1.82, 2.24) is 0 Å². The second-order valence-corrected chi connectivity index (χ2v) is 4.23. The van der Waals surface area contributed by atoms with Gasteiger partial charge >= 0.3 is 0 Å². The van der Waals surface area contributed by atoms with Crippen molar-refractivity contribution in [1.29, 1.82) is 5.26 Å². The maximum Gasteiger partial charge on any atom is 0.0994 e. The lowest BCUT2D eigenvalue weighted by atomic mass is 10.1. The molecule has 0 fully saturated rings. The normalized spacial score (nSPS) is 9.50. The van der Waals surface area contributed by atoms with E-state index < -0.39 is 0 Å². The molecule has 0 aliphatic heterocycles. The van der Waals surface area contributed by atoms with E-state index in [0.29, 0.717) is 0 Å². The third kappa shape index (κ3) is 1.99. The zero-order chi connectivity index (χ0) is 9.14. The molecule has 0 saturated carbocycles. The van der Waals surface area contributed by atoms with Crippen molar-refractivity contribution in [2.24, 2.45) is 0 Å². The SMILES string of the molecule is Cc1cc(CBr)c(I)cc1C#N. The smallest absolute Gasteiger partial charge is 0.0994 e. The van der Waals surface area contributed by atoms with Crippen molar-refractivity contribution in [3.63, 3.8) is 0 Å². The Morgan fingerprint density at radius 1 is 1.58 bits per heavy atom. The fourth-order valence-corrected chi connectivity index (χ4v) is 2.61. The molecule has 0 saturated heterocycles. The van der Waals surface area contributed by atoms with Crippen molar-refractivity contribution in [2.75, 3.05) is 0 Å². The molecule has 0 aliphatic carbocycles. The van der Waals surface area contributed by atoms with Gasteiger partial charge in [0.2, 0.25) is 0 Å². The molecular weight excluding hydrogens is 329 g/mol. The fraction of sp³-hybridized carbons (Fsp3) is 0.222. The summed E-state index contributed by atoms with van der Waals surface area (Å²) in [5.74, 6) is 0. The third-order valence-corrected chi connectivity index (χ3v) is 3.27. The van der Waals surface area contributed by atoms with E-state index in [1.807, 2.05) is 13.0 Å². The van der Waals surface area contributed by atoms with E-state index in [1.54, 1.807) is 0 Å². The van der Waals surface area contributed by atoms with Gasteiger partial charge in [-0.05, 0) is 46.7 Å². The molecule has 12 heavy (non-hydrogen) atoms. The minimum absolute atomic E-state index is 0.768. The molecule has 0 heterocycles. The van der Waals surface area contributed by atoms with Gasteiger partial charge in [-0.15, -0.1) is 0 Å². The second-order valence-electron chi connectivity index (χ2n) is 2.50. The number of alkyl halides is 1. The minimum Gasteiger partial charge on any atom is -0.192 e. The van der Waals surface area contributed by atoms with Crippen molar-refractivity contribution in [3.05, 3.63) is 32.4 Å². The van der Waals surface area contributed by atoms with Gasteiger partial charge in [-0.1, -0.05) is 22.0 Å². The van der Waals surface area contributed by atoms with Gasteiger partial charge < -0.3 is 0 Å². The van der Waals surface area contributed by atoms with Crippen LogP contribution in [0.25, 0.3) is 0 Å². The van der Waals surface area contributed by atoms with Gasteiger partial charge in [0, 0.05) is 8.90 Å². The van der Waals surface area contributed by atoms with Crippen LogP contribution in [0.5, 0.6) is 0 Å². The zero-order valence-electron chi connectivity index (χ0n) is 6.56. The quantitative estimate of drug-likeness (QED) is 0.570. The number of nitrogens with zero attached hydrogens (tertiary/aromatic N) is 1. The van der Waals surface area contributed by atoms with E-state index in [4.69, 9.17) is 5.26 Å². The van der Waals surface area contributed by atoms with Crippen LogP contribution in [0.4, 0.5) is 0 Å². The van der Waals surface area contributed by atoms with Crippen LogP contribution >= 0.6 is 38.5 Å². The molecule has 0 aliphatic rings. The van der Waals surface area contributed by atoms with Crippen LogP contribution in [-0.2, 0) is 5.33 Å². The summed E-state index contributed by atoms with van der Waals surface area (Å²) < 4.78 is 1.15. The summed E-state index contributed by atoms with van der Waals surface area (Å²) in [4.78, 5) is 0. The van der Waals surface area contributed by atoms with Crippen LogP contribution in [0.2, 0.25) is 0 Å². The van der Waals surface area contributed by atoms with Crippen LogP contribution < -0.4 is 0 Å². The van der Waals surface area contributed by atoms with Gasteiger partial charge in [0.15, 0.2) is 0 Å². The number of aryl methyl sites for hydroxylation is 1. The molecule has 0 N–H and O–H groups in total. The molecule has 62 valence electrons. The summed E-state index contributed by atoms with van der Waals surface area (Å²) in [5, 5.41) is 9.59. The Hall–Kier alpha value is -0.0800. The number of rotatable bonds is 1. The number of nitriles is 1. The molecule has 1 aromatic carbocycles. The van der Waals surface area contributed by atoms with Gasteiger partial charge in [-0.2, -0.15) is 5.26 Å². The predicted octanol–water partition coefficient (Wildman–Crippen LogP) is 3.37. The summed E-state index contributed by atoms with van der Waals surface area (Å²) in [6, 6.07) is 6.14. The summed E-state index contributed by atoms with van der Waals surface area (Å²) in [6.45, 7) is 1.96. The molecule has 1 rings (SSSR count). The summed E-state index contributed by atoms with van der Waals surface area (Å²) >= 11 is 5.65. The molecule has 0 aromatic heterocycles. The van der Waals surface area contributed by atoms with Crippen LogP contribution in [0.3, 0.4) is 0 Å². The highest BCUT2D eigenvalue weighted by atomic mass is 127. The molecule has 0 unspecified atom stereocenters. The Morgan fingerprint density at radius 3 is 2.75 bits per heavy atom. The van der Waals surface area contributed by atoms with Crippen molar-refractivity contribution in [3.8, 4) is 6.07 Å². The van der Waals surface area contributed by atoms with Crippen molar-refractivity contribution >= 4 is 38.5 Å². The number of hydrogen-bond donors (Lipinski definition) is 0. The first kappa shape index (κ1) is 10.0. The largest absolute Gasteiger partial charge is 0.192 e. The average Bonchev–Trinajstić information content (AvgIpc) is 2.08. The van der Waals surface area contributed by atoms with Gasteiger partial charge in [-0.25, -0.2) is 0 Å². The highest BCUT2D eigenvalue weighted by Gasteiger charge is 2.03. The van der Waals surface area contributed by atoms with Crippen LogP contribution in [0.1, 0.15) is 16.7 Å². The van der Waals surface area contributed by atoms with E-state index in [1.165, 1.54) is 5.56 Å². The number of hydrogen-bond acceptors (Lipinski definition) is 1. The summed E-state index contributed by atoms with van der Waals surface area (Å²) in [5.41, 5.74) is 3.06. The Morgan fingerprint density at radius 2 is 2.25 bits per heavy atom. The lowest BCUT2D eigenvalue weighted by Gasteiger charge is -2.03. The van der Waals surface area contributed by atoms with E-state index >= 15 is 0 Å². The molecule has 0 spiro atoms. The molecular formula is C9H7BrIN. The van der Waals surface area contributed by atoms with E-state index in [-0.39, 0.29) is 0 Å². The maximum atomic E-state index is 8.74. The van der Waals surface area contributed by atoms with Crippen LogP contribution in [-0.4, -0.2) is 0 Å². The third-order valence-electron chi connectivity index (χ3n) is 1.66. The molecule has 1 nitrogen and oxygen atoms in total. The lowest BCUT2D eigenvalue weighted by Crippen LogP contribution is -1.90. The van der Waals surface area contributed by atoms with Gasteiger partial charge in [0.25, 0.3) is 0 Å². The zero-order valence-corrected chi connectivity index (χ0v) is 10.3. The lowest BCUT2D eigenvalue weighted by molar-refractivity contribution is 1.31. The number of benzene rings is 1. The molecule has 0 atom stereocenters. The molecule has 1 aromatic rings. The van der Waals surface area contributed by atoms with Crippen molar-refractivity contribution < 1.29 is 0 Å². The van der Waals surface area contributed by atoms with E-state index in [9.17, 15) is 0 Å².